The van der Waals surface area contributed by atoms with Gasteiger partial charge in [0.05, 0.1) is 6.54 Å². The molecule has 9 nitrogen and oxygen atoms in total. The highest BCUT2D eigenvalue weighted by Gasteiger charge is 2.20. The minimum absolute atomic E-state index is 0.138. The van der Waals surface area contributed by atoms with Crippen LogP contribution in [0.2, 0.25) is 0 Å². The number of nitriles is 1. The summed E-state index contributed by atoms with van der Waals surface area (Å²) in [5.74, 6) is 1.33. The molecule has 0 saturated carbocycles. The fraction of sp³-hybridized carbons (Fsp3) is 0.263. The van der Waals surface area contributed by atoms with Crippen LogP contribution in [0.4, 0.5) is 11.8 Å². The van der Waals surface area contributed by atoms with E-state index >= 15 is 0 Å². The SMILES string of the molecule is N#Cc1ccnc(N2CCN(c3ccc(=O)n(Cc4ccncc4)n3)CC2)n1. The number of nitrogens with zero attached hydrogens (tertiary/aromatic N) is 8. The Labute approximate surface area is 161 Å². The largest absolute Gasteiger partial charge is 0.352 e. The van der Waals surface area contributed by atoms with Gasteiger partial charge in [0.1, 0.15) is 17.6 Å². The van der Waals surface area contributed by atoms with Gasteiger partial charge in [0.25, 0.3) is 5.56 Å². The molecule has 0 amide bonds. The van der Waals surface area contributed by atoms with E-state index in [0.717, 1.165) is 24.5 Å². The summed E-state index contributed by atoms with van der Waals surface area (Å²) in [7, 11) is 0. The molecule has 1 aliphatic rings. The van der Waals surface area contributed by atoms with Gasteiger partial charge >= 0.3 is 0 Å². The van der Waals surface area contributed by atoms with Crippen LogP contribution in [0.5, 0.6) is 0 Å². The molecule has 0 radical (unpaired) electrons. The van der Waals surface area contributed by atoms with Crippen molar-refractivity contribution in [3.8, 4) is 6.07 Å². The van der Waals surface area contributed by atoms with Gasteiger partial charge in [-0.25, -0.2) is 14.6 Å². The second-order valence-corrected chi connectivity index (χ2v) is 6.37. The highest BCUT2D eigenvalue weighted by Crippen LogP contribution is 2.15. The zero-order valence-electron chi connectivity index (χ0n) is 15.1. The number of hydrogen-bond donors (Lipinski definition) is 0. The van der Waals surface area contributed by atoms with Crippen molar-refractivity contribution in [1.29, 1.82) is 5.26 Å². The van der Waals surface area contributed by atoms with Gasteiger partial charge < -0.3 is 9.80 Å². The number of pyridine rings is 1. The van der Waals surface area contributed by atoms with E-state index in [4.69, 9.17) is 5.26 Å². The maximum absolute atomic E-state index is 12.2. The van der Waals surface area contributed by atoms with Gasteiger partial charge in [0.2, 0.25) is 5.95 Å². The van der Waals surface area contributed by atoms with Crippen LogP contribution in [0.1, 0.15) is 11.3 Å². The van der Waals surface area contributed by atoms with Crippen molar-refractivity contribution < 1.29 is 0 Å². The summed E-state index contributed by atoms with van der Waals surface area (Å²) in [4.78, 5) is 28.9. The molecule has 3 aromatic heterocycles. The molecule has 140 valence electrons. The molecule has 9 heteroatoms. The second-order valence-electron chi connectivity index (χ2n) is 6.37. The molecule has 28 heavy (non-hydrogen) atoms. The topological polar surface area (TPSA) is 104 Å². The Morgan fingerprint density at radius 1 is 0.964 bits per heavy atom. The molecule has 3 aromatic rings. The van der Waals surface area contributed by atoms with Crippen LogP contribution in [0.25, 0.3) is 0 Å². The molecule has 0 bridgehead atoms. The van der Waals surface area contributed by atoms with Gasteiger partial charge in [-0.05, 0) is 29.8 Å². The average Bonchev–Trinajstić information content (AvgIpc) is 2.76. The Bertz CT molecular complexity index is 1050. The molecule has 0 N–H and O–H groups in total. The molecule has 1 aliphatic heterocycles. The standard InChI is InChI=1S/C19H18N8O/c20-13-16-5-8-22-19(23-16)26-11-9-25(10-12-26)17-1-2-18(28)27(24-17)14-15-3-6-21-7-4-15/h1-8H,9-12,14H2. The quantitative estimate of drug-likeness (QED) is 0.656. The molecule has 0 aliphatic carbocycles. The van der Waals surface area contributed by atoms with Crippen LogP contribution in [0, 0.1) is 11.3 Å². The number of piperazine rings is 1. The molecule has 0 unspecified atom stereocenters. The lowest BCUT2D eigenvalue weighted by atomic mass is 10.3. The Kier molecular flexibility index (Phi) is 4.93. The van der Waals surface area contributed by atoms with E-state index in [1.807, 2.05) is 23.1 Å². The number of aromatic nitrogens is 5. The summed E-state index contributed by atoms with van der Waals surface area (Å²) >= 11 is 0. The highest BCUT2D eigenvalue weighted by atomic mass is 16.1. The van der Waals surface area contributed by atoms with Crippen LogP contribution < -0.4 is 15.4 Å². The fourth-order valence-electron chi connectivity index (χ4n) is 3.08. The average molecular weight is 374 g/mol. The van der Waals surface area contributed by atoms with Gasteiger partial charge in [0, 0.05) is 50.8 Å². The third kappa shape index (κ3) is 3.81. The molecule has 4 rings (SSSR count). The minimum Gasteiger partial charge on any atom is -0.352 e. The van der Waals surface area contributed by atoms with E-state index < -0.39 is 0 Å². The third-order valence-corrected chi connectivity index (χ3v) is 4.58. The van der Waals surface area contributed by atoms with Crippen LogP contribution in [0.3, 0.4) is 0 Å². The first-order valence-electron chi connectivity index (χ1n) is 8.93. The lowest BCUT2D eigenvalue weighted by Gasteiger charge is -2.35. The molecule has 1 fully saturated rings. The second kappa shape index (κ2) is 7.84. The van der Waals surface area contributed by atoms with Crippen molar-refractivity contribution in [2.45, 2.75) is 6.54 Å². The summed E-state index contributed by atoms with van der Waals surface area (Å²) in [5.41, 5.74) is 1.19. The highest BCUT2D eigenvalue weighted by molar-refractivity contribution is 5.42. The predicted octanol–water partition coefficient (Wildman–Crippen LogP) is 0.675. The number of hydrogen-bond acceptors (Lipinski definition) is 8. The summed E-state index contributed by atoms with van der Waals surface area (Å²) in [6.07, 6.45) is 5.00. The van der Waals surface area contributed by atoms with Gasteiger partial charge in [0.15, 0.2) is 0 Å². The van der Waals surface area contributed by atoms with Crippen LogP contribution >= 0.6 is 0 Å². The molecule has 0 spiro atoms. The number of rotatable bonds is 4. The first kappa shape index (κ1) is 17.6. The predicted molar refractivity (Wildman–Crippen MR) is 103 cm³/mol. The molecule has 1 saturated heterocycles. The number of anilines is 2. The van der Waals surface area contributed by atoms with E-state index in [-0.39, 0.29) is 5.56 Å². The van der Waals surface area contributed by atoms with Crippen molar-refractivity contribution in [2.24, 2.45) is 0 Å². The third-order valence-electron chi connectivity index (χ3n) is 4.58. The van der Waals surface area contributed by atoms with Gasteiger partial charge in [-0.15, -0.1) is 0 Å². The van der Waals surface area contributed by atoms with Gasteiger partial charge in [-0.1, -0.05) is 0 Å². The molecular formula is C19H18N8O. The monoisotopic (exact) mass is 374 g/mol. The first-order chi connectivity index (χ1) is 13.7. The minimum atomic E-state index is -0.138. The molecule has 0 atom stereocenters. The van der Waals surface area contributed by atoms with Crippen LogP contribution in [-0.4, -0.2) is 50.9 Å². The fourth-order valence-corrected chi connectivity index (χ4v) is 3.08. The molecule has 4 heterocycles. The van der Waals surface area contributed by atoms with E-state index in [9.17, 15) is 4.79 Å². The van der Waals surface area contributed by atoms with Crippen molar-refractivity contribution >= 4 is 11.8 Å². The lowest BCUT2D eigenvalue weighted by Crippen LogP contribution is -2.47. The zero-order valence-corrected chi connectivity index (χ0v) is 15.1. The summed E-state index contributed by atoms with van der Waals surface area (Å²) < 4.78 is 1.47. The Balaban J connectivity index is 1.46. The lowest BCUT2D eigenvalue weighted by molar-refractivity contribution is 0.596. The van der Waals surface area contributed by atoms with Crippen molar-refractivity contribution in [2.75, 3.05) is 36.0 Å². The summed E-state index contributed by atoms with van der Waals surface area (Å²) in [5, 5.41) is 13.5. The summed E-state index contributed by atoms with van der Waals surface area (Å²) in [6, 6.07) is 10.7. The molecular weight excluding hydrogens is 356 g/mol. The van der Waals surface area contributed by atoms with Gasteiger partial charge in [-0.2, -0.15) is 10.4 Å². The van der Waals surface area contributed by atoms with E-state index in [2.05, 4.69) is 25.0 Å². The van der Waals surface area contributed by atoms with Crippen molar-refractivity contribution in [3.63, 3.8) is 0 Å². The normalized spacial score (nSPS) is 14.0. The van der Waals surface area contributed by atoms with Crippen molar-refractivity contribution in [1.82, 2.24) is 24.7 Å². The van der Waals surface area contributed by atoms with Crippen molar-refractivity contribution in [3.05, 3.63) is 70.5 Å². The van der Waals surface area contributed by atoms with Crippen LogP contribution in [-0.2, 0) is 6.54 Å². The Hall–Kier alpha value is -3.80. The molecule has 0 aromatic carbocycles. The Morgan fingerprint density at radius 3 is 2.46 bits per heavy atom. The van der Waals surface area contributed by atoms with E-state index in [1.54, 1.807) is 36.8 Å². The maximum atomic E-state index is 12.2. The van der Waals surface area contributed by atoms with Crippen LogP contribution in [0.15, 0.2) is 53.7 Å². The van der Waals surface area contributed by atoms with Gasteiger partial charge in [-0.3, -0.25) is 9.78 Å². The smallest absolute Gasteiger partial charge is 0.267 e. The summed E-state index contributed by atoms with van der Waals surface area (Å²) in [6.45, 7) is 3.27. The maximum Gasteiger partial charge on any atom is 0.267 e. The van der Waals surface area contributed by atoms with E-state index in [1.165, 1.54) is 4.68 Å². The van der Waals surface area contributed by atoms with E-state index in [0.29, 0.717) is 31.3 Å². The zero-order chi connectivity index (χ0) is 19.3. The Morgan fingerprint density at radius 2 is 1.71 bits per heavy atom. The first-order valence-corrected chi connectivity index (χ1v) is 8.93.